The first kappa shape index (κ1) is 15.4. The minimum atomic E-state index is -0.583. The summed E-state index contributed by atoms with van der Waals surface area (Å²) < 4.78 is 5.79. The summed E-state index contributed by atoms with van der Waals surface area (Å²) in [6.07, 6.45) is 4.39. The van der Waals surface area contributed by atoms with Gasteiger partial charge in [-0.25, -0.2) is 0 Å². The van der Waals surface area contributed by atoms with Crippen molar-refractivity contribution in [2.24, 2.45) is 5.73 Å². The quantitative estimate of drug-likeness (QED) is 0.718. The molecular weight excluding hydrogens is 316 g/mol. The average molecular weight is 334 g/mol. The van der Waals surface area contributed by atoms with Crippen molar-refractivity contribution in [1.82, 2.24) is 0 Å². The normalized spacial score (nSPS) is 13.6. The van der Waals surface area contributed by atoms with Crippen LogP contribution in [0.2, 0.25) is 0 Å². The zero-order valence-electron chi connectivity index (χ0n) is 13.7. The van der Waals surface area contributed by atoms with E-state index in [1.807, 2.05) is 12.1 Å². The lowest BCUT2D eigenvalue weighted by atomic mass is 9.90. The highest BCUT2D eigenvalue weighted by atomic mass is 16.3. The molecular formula is C20H18N2O3. The molecule has 0 radical (unpaired) electrons. The van der Waals surface area contributed by atoms with Gasteiger partial charge in [0.2, 0.25) is 11.7 Å². The number of benzene rings is 2. The molecule has 2 aromatic carbocycles. The number of amides is 1. The lowest BCUT2D eigenvalue weighted by Gasteiger charge is -2.14. The number of hydrogen-bond acceptors (Lipinski definition) is 4. The Morgan fingerprint density at radius 3 is 2.36 bits per heavy atom. The number of primary amides is 1. The SMILES string of the molecule is NC(=O)c1cccc(C(=O)c2oc3cc4c(cc3c2N)CCCC4)c1. The number of carbonyl (C=O) groups is 2. The van der Waals surface area contributed by atoms with E-state index in [0.717, 1.165) is 18.2 Å². The Morgan fingerprint density at radius 1 is 0.960 bits per heavy atom. The molecule has 1 aliphatic carbocycles. The van der Waals surface area contributed by atoms with Crippen LogP contribution in [0.3, 0.4) is 0 Å². The number of fused-ring (bicyclic) bond motifs is 2. The first-order valence-electron chi connectivity index (χ1n) is 8.33. The maximum absolute atomic E-state index is 12.8. The van der Waals surface area contributed by atoms with Crippen molar-refractivity contribution >= 4 is 28.3 Å². The molecule has 1 heterocycles. The van der Waals surface area contributed by atoms with Gasteiger partial charge in [-0.15, -0.1) is 0 Å². The van der Waals surface area contributed by atoms with Gasteiger partial charge in [-0.1, -0.05) is 12.1 Å². The first-order valence-corrected chi connectivity index (χ1v) is 8.33. The summed E-state index contributed by atoms with van der Waals surface area (Å²) in [5, 5.41) is 0.773. The maximum atomic E-state index is 12.8. The van der Waals surface area contributed by atoms with Crippen molar-refractivity contribution in [2.75, 3.05) is 5.73 Å². The van der Waals surface area contributed by atoms with Crippen LogP contribution >= 0.6 is 0 Å². The van der Waals surface area contributed by atoms with E-state index in [2.05, 4.69) is 0 Å². The zero-order valence-corrected chi connectivity index (χ0v) is 13.7. The summed E-state index contributed by atoms with van der Waals surface area (Å²) in [6, 6.07) is 10.3. The first-order chi connectivity index (χ1) is 12.0. The highest BCUT2D eigenvalue weighted by molar-refractivity contribution is 6.15. The standard InChI is InChI=1S/C20H18N2O3/c21-17-15-9-11-4-1-2-5-12(11)10-16(15)25-19(17)18(23)13-6-3-7-14(8-13)20(22)24/h3,6-10H,1-2,4-5,21H2,(H2,22,24). The predicted octanol–water partition coefficient (Wildman–Crippen LogP) is 3.22. The number of nitrogen functional groups attached to an aromatic ring is 1. The van der Waals surface area contributed by atoms with Gasteiger partial charge in [0.25, 0.3) is 0 Å². The summed E-state index contributed by atoms with van der Waals surface area (Å²) in [7, 11) is 0. The Hall–Kier alpha value is -3.08. The summed E-state index contributed by atoms with van der Waals surface area (Å²) in [5.41, 5.74) is 15.6. The predicted molar refractivity (Wildman–Crippen MR) is 95.7 cm³/mol. The molecule has 5 nitrogen and oxygen atoms in total. The van der Waals surface area contributed by atoms with Crippen LogP contribution in [-0.4, -0.2) is 11.7 Å². The number of ketones is 1. The molecule has 1 amide bonds. The number of carbonyl (C=O) groups excluding carboxylic acids is 2. The van der Waals surface area contributed by atoms with Gasteiger partial charge < -0.3 is 15.9 Å². The molecule has 126 valence electrons. The third-order valence-corrected chi connectivity index (χ3v) is 4.81. The van der Waals surface area contributed by atoms with E-state index in [0.29, 0.717) is 16.8 Å². The lowest BCUT2D eigenvalue weighted by molar-refractivity contribution is 0.1000. The third kappa shape index (κ3) is 2.58. The molecule has 0 saturated carbocycles. The molecule has 0 saturated heterocycles. The second kappa shape index (κ2) is 5.77. The van der Waals surface area contributed by atoms with Crippen LogP contribution in [0.25, 0.3) is 11.0 Å². The highest BCUT2D eigenvalue weighted by Gasteiger charge is 2.22. The summed E-state index contributed by atoms with van der Waals surface area (Å²) in [6.45, 7) is 0. The van der Waals surface area contributed by atoms with Crippen LogP contribution in [0.15, 0.2) is 40.8 Å². The molecule has 25 heavy (non-hydrogen) atoms. The summed E-state index contributed by atoms with van der Waals surface area (Å²) in [5.74, 6) is -0.825. The Labute approximate surface area is 144 Å². The van der Waals surface area contributed by atoms with E-state index < -0.39 is 5.91 Å². The fraction of sp³-hybridized carbons (Fsp3) is 0.200. The van der Waals surface area contributed by atoms with Crippen molar-refractivity contribution in [3.8, 4) is 0 Å². The molecule has 4 N–H and O–H groups in total. The molecule has 4 rings (SSSR count). The number of nitrogens with two attached hydrogens (primary N) is 2. The van der Waals surface area contributed by atoms with E-state index in [4.69, 9.17) is 15.9 Å². The number of furan rings is 1. The van der Waals surface area contributed by atoms with Crippen molar-refractivity contribution in [1.29, 1.82) is 0 Å². The Balaban J connectivity index is 1.81. The lowest BCUT2D eigenvalue weighted by Crippen LogP contribution is -2.12. The molecule has 0 atom stereocenters. The second-order valence-electron chi connectivity index (χ2n) is 6.44. The summed E-state index contributed by atoms with van der Waals surface area (Å²) >= 11 is 0. The Bertz CT molecular complexity index is 1020. The highest BCUT2D eigenvalue weighted by Crippen LogP contribution is 2.34. The van der Waals surface area contributed by atoms with Crippen LogP contribution in [0, 0.1) is 0 Å². The van der Waals surface area contributed by atoms with Crippen molar-refractivity contribution in [3.05, 3.63) is 64.4 Å². The van der Waals surface area contributed by atoms with Gasteiger partial charge in [0, 0.05) is 16.5 Å². The van der Waals surface area contributed by atoms with Gasteiger partial charge >= 0.3 is 0 Å². The fourth-order valence-corrected chi connectivity index (χ4v) is 3.46. The van der Waals surface area contributed by atoms with Gasteiger partial charge in [-0.3, -0.25) is 9.59 Å². The van der Waals surface area contributed by atoms with E-state index in [-0.39, 0.29) is 17.1 Å². The smallest absolute Gasteiger partial charge is 0.248 e. The number of rotatable bonds is 3. The van der Waals surface area contributed by atoms with Crippen molar-refractivity contribution < 1.29 is 14.0 Å². The molecule has 1 aliphatic rings. The monoisotopic (exact) mass is 334 g/mol. The minimum Gasteiger partial charge on any atom is -0.450 e. The molecule has 5 heteroatoms. The van der Waals surface area contributed by atoms with Crippen LogP contribution in [0.4, 0.5) is 5.69 Å². The number of aryl methyl sites for hydroxylation is 2. The molecule has 0 spiro atoms. The molecule has 0 bridgehead atoms. The van der Waals surface area contributed by atoms with Crippen LogP contribution < -0.4 is 11.5 Å². The number of anilines is 1. The molecule has 0 fully saturated rings. The van der Waals surface area contributed by atoms with E-state index in [1.165, 1.54) is 30.0 Å². The average Bonchev–Trinajstić information content (AvgIpc) is 2.95. The van der Waals surface area contributed by atoms with Crippen LogP contribution in [0.5, 0.6) is 0 Å². The molecule has 1 aromatic heterocycles. The van der Waals surface area contributed by atoms with Crippen molar-refractivity contribution in [2.45, 2.75) is 25.7 Å². The number of hydrogen-bond donors (Lipinski definition) is 2. The zero-order chi connectivity index (χ0) is 17.6. The van der Waals surface area contributed by atoms with Crippen LogP contribution in [-0.2, 0) is 12.8 Å². The van der Waals surface area contributed by atoms with Gasteiger partial charge in [-0.05, 0) is 61.1 Å². The van der Waals surface area contributed by atoms with Gasteiger partial charge in [0.1, 0.15) is 5.58 Å². The van der Waals surface area contributed by atoms with Crippen molar-refractivity contribution in [3.63, 3.8) is 0 Å². The summed E-state index contributed by atoms with van der Waals surface area (Å²) in [4.78, 5) is 24.1. The topological polar surface area (TPSA) is 99.3 Å². The van der Waals surface area contributed by atoms with Gasteiger partial charge in [-0.2, -0.15) is 0 Å². The maximum Gasteiger partial charge on any atom is 0.248 e. The Morgan fingerprint density at radius 2 is 1.64 bits per heavy atom. The van der Waals surface area contributed by atoms with E-state index in [9.17, 15) is 9.59 Å². The van der Waals surface area contributed by atoms with E-state index in [1.54, 1.807) is 18.2 Å². The van der Waals surface area contributed by atoms with Gasteiger partial charge in [0.15, 0.2) is 5.76 Å². The van der Waals surface area contributed by atoms with Gasteiger partial charge in [0.05, 0.1) is 5.69 Å². The van der Waals surface area contributed by atoms with Crippen LogP contribution in [0.1, 0.15) is 50.4 Å². The Kier molecular flexibility index (Phi) is 3.57. The minimum absolute atomic E-state index is 0.110. The second-order valence-corrected chi connectivity index (χ2v) is 6.44. The third-order valence-electron chi connectivity index (χ3n) is 4.81. The molecule has 0 unspecified atom stereocenters. The fourth-order valence-electron chi connectivity index (χ4n) is 3.46. The molecule has 3 aromatic rings. The molecule has 0 aliphatic heterocycles. The largest absolute Gasteiger partial charge is 0.450 e. The van der Waals surface area contributed by atoms with E-state index >= 15 is 0 Å².